The molecule has 0 heterocycles. The molecule has 0 aromatic heterocycles. The van der Waals surface area contributed by atoms with Crippen LogP contribution < -0.4 is 10.1 Å². The first-order chi connectivity index (χ1) is 10.1. The number of hydrogen-bond donors (Lipinski definition) is 1. The van der Waals surface area contributed by atoms with E-state index in [1.54, 1.807) is 0 Å². The van der Waals surface area contributed by atoms with Crippen LogP contribution in [0.1, 0.15) is 52.1 Å². The molecule has 0 aliphatic carbocycles. The smallest absolute Gasteiger partial charge is 0.307 e. The minimum Gasteiger partial charge on any atom is -0.491 e. The fraction of sp³-hybridized carbons (Fsp3) is 0.588. The van der Waals surface area contributed by atoms with E-state index in [0.29, 0.717) is 13.0 Å². The summed E-state index contributed by atoms with van der Waals surface area (Å²) in [6.07, 6.45) is 1.52. The largest absolute Gasteiger partial charge is 0.491 e. The first-order valence-electron chi connectivity index (χ1n) is 7.72. The van der Waals surface area contributed by atoms with E-state index in [9.17, 15) is 4.79 Å². The van der Waals surface area contributed by atoms with Crippen molar-refractivity contribution in [3.8, 4) is 5.75 Å². The van der Waals surface area contributed by atoms with Gasteiger partial charge in [-0.3, -0.25) is 4.79 Å². The van der Waals surface area contributed by atoms with Gasteiger partial charge in [0, 0.05) is 6.04 Å². The number of esters is 1. The number of carbonyl (C=O) groups excluding carboxylic acids is 1. The van der Waals surface area contributed by atoms with Crippen molar-refractivity contribution in [3.63, 3.8) is 0 Å². The molecule has 0 spiro atoms. The van der Waals surface area contributed by atoms with E-state index in [4.69, 9.17) is 9.47 Å². The number of carbonyl (C=O) groups is 1. The van der Waals surface area contributed by atoms with E-state index in [0.717, 1.165) is 24.3 Å². The Morgan fingerprint density at radius 3 is 2.38 bits per heavy atom. The lowest BCUT2D eigenvalue weighted by Crippen LogP contribution is -2.25. The van der Waals surface area contributed by atoms with E-state index in [1.165, 1.54) is 0 Å². The van der Waals surface area contributed by atoms with Crippen molar-refractivity contribution in [2.45, 2.75) is 52.7 Å². The zero-order valence-corrected chi connectivity index (χ0v) is 13.5. The molecule has 0 saturated heterocycles. The quantitative estimate of drug-likeness (QED) is 0.708. The van der Waals surface area contributed by atoms with Crippen LogP contribution in [-0.2, 0) is 9.53 Å². The third-order valence-corrected chi connectivity index (χ3v) is 2.97. The van der Waals surface area contributed by atoms with Crippen molar-refractivity contribution in [2.24, 2.45) is 0 Å². The molecule has 4 heteroatoms. The van der Waals surface area contributed by atoms with Crippen LogP contribution in [0.15, 0.2) is 24.3 Å². The van der Waals surface area contributed by atoms with Crippen LogP contribution in [0.2, 0.25) is 0 Å². The molecular formula is C17H27NO3. The van der Waals surface area contributed by atoms with E-state index < -0.39 is 0 Å². The van der Waals surface area contributed by atoms with Gasteiger partial charge in [-0.25, -0.2) is 0 Å². The molecule has 118 valence electrons. The van der Waals surface area contributed by atoms with Gasteiger partial charge in [0.2, 0.25) is 0 Å². The Bertz CT molecular complexity index is 415. The average Bonchev–Trinajstić information content (AvgIpc) is 2.44. The van der Waals surface area contributed by atoms with Crippen molar-refractivity contribution in [2.75, 3.05) is 13.2 Å². The van der Waals surface area contributed by atoms with Crippen molar-refractivity contribution >= 4 is 5.97 Å². The van der Waals surface area contributed by atoms with Crippen molar-refractivity contribution < 1.29 is 14.3 Å². The highest BCUT2D eigenvalue weighted by Crippen LogP contribution is 2.21. The molecule has 0 saturated carbocycles. The maximum absolute atomic E-state index is 11.7. The SMILES string of the molecule is CCCNC(CC(=O)OCC)c1ccc(OC(C)C)cc1. The zero-order valence-electron chi connectivity index (χ0n) is 13.5. The fourth-order valence-electron chi connectivity index (χ4n) is 2.06. The normalized spacial score (nSPS) is 12.2. The van der Waals surface area contributed by atoms with E-state index >= 15 is 0 Å². The van der Waals surface area contributed by atoms with Gasteiger partial charge in [0.1, 0.15) is 5.75 Å². The molecular weight excluding hydrogens is 266 g/mol. The highest BCUT2D eigenvalue weighted by atomic mass is 16.5. The van der Waals surface area contributed by atoms with Crippen LogP contribution in [0.3, 0.4) is 0 Å². The lowest BCUT2D eigenvalue weighted by atomic mass is 10.0. The molecule has 0 fully saturated rings. The second kappa shape index (κ2) is 9.40. The molecule has 1 rings (SSSR count). The van der Waals surface area contributed by atoms with Crippen LogP contribution in [-0.4, -0.2) is 25.2 Å². The zero-order chi connectivity index (χ0) is 15.7. The molecule has 1 N–H and O–H groups in total. The number of rotatable bonds is 9. The minimum atomic E-state index is -0.173. The topological polar surface area (TPSA) is 47.6 Å². The molecule has 0 amide bonds. The minimum absolute atomic E-state index is 0.0166. The summed E-state index contributed by atoms with van der Waals surface area (Å²) < 4.78 is 10.7. The van der Waals surface area contributed by atoms with Gasteiger partial charge in [0.05, 0.1) is 19.1 Å². The van der Waals surface area contributed by atoms with Crippen LogP contribution in [0.5, 0.6) is 5.75 Å². The monoisotopic (exact) mass is 293 g/mol. The predicted molar refractivity (Wildman–Crippen MR) is 84.5 cm³/mol. The van der Waals surface area contributed by atoms with E-state index in [-0.39, 0.29) is 18.1 Å². The van der Waals surface area contributed by atoms with Gasteiger partial charge in [-0.15, -0.1) is 0 Å². The third kappa shape index (κ3) is 6.63. The maximum Gasteiger partial charge on any atom is 0.307 e. The predicted octanol–water partition coefficient (Wildman–Crippen LogP) is 3.47. The molecule has 1 aromatic carbocycles. The third-order valence-electron chi connectivity index (χ3n) is 2.97. The van der Waals surface area contributed by atoms with Crippen LogP contribution >= 0.6 is 0 Å². The Balaban J connectivity index is 2.74. The Morgan fingerprint density at radius 1 is 1.19 bits per heavy atom. The van der Waals surface area contributed by atoms with Gasteiger partial charge in [-0.1, -0.05) is 19.1 Å². The lowest BCUT2D eigenvalue weighted by molar-refractivity contribution is -0.143. The Labute approximate surface area is 127 Å². The van der Waals surface area contributed by atoms with Gasteiger partial charge in [0.15, 0.2) is 0 Å². The van der Waals surface area contributed by atoms with E-state index in [2.05, 4.69) is 12.2 Å². The second-order valence-corrected chi connectivity index (χ2v) is 5.25. The summed E-state index contributed by atoms with van der Waals surface area (Å²) >= 11 is 0. The van der Waals surface area contributed by atoms with Crippen LogP contribution in [0, 0.1) is 0 Å². The summed E-state index contributed by atoms with van der Waals surface area (Å²) in [6.45, 7) is 9.22. The highest BCUT2D eigenvalue weighted by molar-refractivity contribution is 5.70. The summed E-state index contributed by atoms with van der Waals surface area (Å²) in [5.41, 5.74) is 1.08. The van der Waals surface area contributed by atoms with Crippen molar-refractivity contribution in [1.29, 1.82) is 0 Å². The first-order valence-corrected chi connectivity index (χ1v) is 7.72. The van der Waals surface area contributed by atoms with Crippen molar-refractivity contribution in [3.05, 3.63) is 29.8 Å². The average molecular weight is 293 g/mol. The fourth-order valence-corrected chi connectivity index (χ4v) is 2.06. The molecule has 0 aliphatic rings. The van der Waals surface area contributed by atoms with Gasteiger partial charge in [-0.05, 0) is 51.4 Å². The molecule has 1 aromatic rings. The maximum atomic E-state index is 11.7. The molecule has 0 radical (unpaired) electrons. The summed E-state index contributed by atoms with van der Waals surface area (Å²) in [4.78, 5) is 11.7. The van der Waals surface area contributed by atoms with Crippen LogP contribution in [0.25, 0.3) is 0 Å². The second-order valence-electron chi connectivity index (χ2n) is 5.25. The number of ether oxygens (including phenoxy) is 2. The number of nitrogens with one attached hydrogen (secondary N) is 1. The number of hydrogen-bond acceptors (Lipinski definition) is 4. The molecule has 0 aliphatic heterocycles. The molecule has 1 atom stereocenters. The lowest BCUT2D eigenvalue weighted by Gasteiger charge is -2.19. The molecule has 21 heavy (non-hydrogen) atoms. The Morgan fingerprint density at radius 2 is 1.86 bits per heavy atom. The molecule has 0 bridgehead atoms. The van der Waals surface area contributed by atoms with Gasteiger partial charge in [-0.2, -0.15) is 0 Å². The Hall–Kier alpha value is -1.55. The Kier molecular flexibility index (Phi) is 7.83. The van der Waals surface area contributed by atoms with Gasteiger partial charge in [0.25, 0.3) is 0 Å². The standard InChI is InChI=1S/C17H27NO3/c1-5-11-18-16(12-17(19)20-6-2)14-7-9-15(10-8-14)21-13(3)4/h7-10,13,16,18H,5-6,11-12H2,1-4H3. The molecule has 4 nitrogen and oxygen atoms in total. The number of benzene rings is 1. The summed E-state index contributed by atoms with van der Waals surface area (Å²) in [7, 11) is 0. The highest BCUT2D eigenvalue weighted by Gasteiger charge is 2.16. The van der Waals surface area contributed by atoms with Gasteiger partial charge < -0.3 is 14.8 Å². The van der Waals surface area contributed by atoms with E-state index in [1.807, 2.05) is 45.0 Å². The summed E-state index contributed by atoms with van der Waals surface area (Å²) in [6, 6.07) is 7.88. The molecule has 1 unspecified atom stereocenters. The summed E-state index contributed by atoms with van der Waals surface area (Å²) in [5, 5.41) is 3.39. The summed E-state index contributed by atoms with van der Waals surface area (Å²) in [5.74, 6) is 0.674. The van der Waals surface area contributed by atoms with Crippen molar-refractivity contribution in [1.82, 2.24) is 5.32 Å². The first kappa shape index (κ1) is 17.5. The van der Waals surface area contributed by atoms with Gasteiger partial charge >= 0.3 is 5.97 Å². The van der Waals surface area contributed by atoms with Crippen LogP contribution in [0.4, 0.5) is 0 Å².